The number of ether oxygens (including phenoxy) is 2. The SMILES string of the molecule is COc1cc(OCc2sc(-c3ccc(C(F)(F)F)cc3)nc2CCCN2CCSCC2)ccc1-c1noc(=O)[nH]1. The van der Waals surface area contributed by atoms with Gasteiger partial charge in [-0.15, -0.1) is 11.3 Å². The Bertz CT molecular complexity index is 1480. The summed E-state index contributed by atoms with van der Waals surface area (Å²) in [5, 5.41) is 4.36. The van der Waals surface area contributed by atoms with E-state index in [2.05, 4.69) is 19.6 Å². The van der Waals surface area contributed by atoms with Gasteiger partial charge < -0.3 is 14.4 Å². The Labute approximate surface area is 236 Å². The van der Waals surface area contributed by atoms with Crippen LogP contribution in [0.15, 0.2) is 51.8 Å². The van der Waals surface area contributed by atoms with Gasteiger partial charge in [0.25, 0.3) is 0 Å². The first-order valence-corrected chi connectivity index (χ1v) is 14.6. The summed E-state index contributed by atoms with van der Waals surface area (Å²) >= 11 is 3.39. The van der Waals surface area contributed by atoms with E-state index in [0.29, 0.717) is 27.6 Å². The molecule has 1 saturated heterocycles. The number of nitrogens with one attached hydrogen (secondary N) is 1. The fourth-order valence-electron chi connectivity index (χ4n) is 4.36. The van der Waals surface area contributed by atoms with Crippen molar-refractivity contribution in [2.45, 2.75) is 25.6 Å². The Hall–Kier alpha value is -3.29. The smallest absolute Gasteiger partial charge is 0.439 e. The number of aryl methyl sites for hydroxylation is 1. The van der Waals surface area contributed by atoms with Crippen LogP contribution in [0, 0.1) is 0 Å². The zero-order valence-corrected chi connectivity index (χ0v) is 23.3. The van der Waals surface area contributed by atoms with Crippen LogP contribution in [0.2, 0.25) is 0 Å². The lowest BCUT2D eigenvalue weighted by molar-refractivity contribution is -0.137. The number of H-pyrrole nitrogens is 1. The number of thiazole rings is 1. The number of methoxy groups -OCH3 is 1. The largest absolute Gasteiger partial charge is 0.496 e. The first kappa shape index (κ1) is 28.2. The van der Waals surface area contributed by atoms with Gasteiger partial charge in [-0.2, -0.15) is 24.9 Å². The molecule has 1 N–H and O–H groups in total. The molecule has 5 rings (SSSR count). The molecular formula is C27H27F3N4O4S2. The third kappa shape index (κ3) is 6.88. The Kier molecular flexibility index (Phi) is 8.81. The molecule has 0 aliphatic carbocycles. The van der Waals surface area contributed by atoms with Crippen LogP contribution in [-0.2, 0) is 19.2 Å². The monoisotopic (exact) mass is 592 g/mol. The van der Waals surface area contributed by atoms with E-state index in [1.807, 2.05) is 11.8 Å². The van der Waals surface area contributed by atoms with Gasteiger partial charge in [0.05, 0.1) is 28.8 Å². The molecule has 1 aliphatic heterocycles. The molecule has 2 aromatic carbocycles. The minimum absolute atomic E-state index is 0.233. The molecular weight excluding hydrogens is 565 g/mol. The second kappa shape index (κ2) is 12.5. The van der Waals surface area contributed by atoms with Crippen LogP contribution in [0.3, 0.4) is 0 Å². The van der Waals surface area contributed by atoms with Gasteiger partial charge in [-0.1, -0.05) is 17.3 Å². The van der Waals surface area contributed by atoms with E-state index in [4.69, 9.17) is 14.5 Å². The lowest BCUT2D eigenvalue weighted by atomic mass is 10.1. The zero-order valence-electron chi connectivity index (χ0n) is 21.6. The lowest BCUT2D eigenvalue weighted by Gasteiger charge is -2.25. The van der Waals surface area contributed by atoms with Crippen molar-refractivity contribution in [1.82, 2.24) is 20.0 Å². The second-order valence-electron chi connectivity index (χ2n) is 9.12. The van der Waals surface area contributed by atoms with E-state index in [1.54, 1.807) is 18.2 Å². The van der Waals surface area contributed by atoms with Gasteiger partial charge in [0.1, 0.15) is 23.1 Å². The number of rotatable bonds is 10. The molecule has 2 aromatic heterocycles. The number of hydrogen-bond acceptors (Lipinski definition) is 9. The summed E-state index contributed by atoms with van der Waals surface area (Å²) < 4.78 is 55.3. The number of aromatic amines is 1. The van der Waals surface area contributed by atoms with E-state index < -0.39 is 17.5 Å². The molecule has 0 radical (unpaired) electrons. The van der Waals surface area contributed by atoms with Gasteiger partial charge in [0, 0.05) is 36.2 Å². The van der Waals surface area contributed by atoms with Crippen LogP contribution < -0.4 is 15.2 Å². The van der Waals surface area contributed by atoms with Crippen molar-refractivity contribution in [2.24, 2.45) is 0 Å². The van der Waals surface area contributed by atoms with Gasteiger partial charge in [-0.3, -0.25) is 9.51 Å². The van der Waals surface area contributed by atoms with Gasteiger partial charge in [-0.25, -0.2) is 9.78 Å². The Morgan fingerprint density at radius 2 is 1.90 bits per heavy atom. The topological polar surface area (TPSA) is 93.5 Å². The maximum Gasteiger partial charge on any atom is 0.439 e. The molecule has 40 heavy (non-hydrogen) atoms. The molecule has 0 unspecified atom stereocenters. The predicted octanol–water partition coefficient (Wildman–Crippen LogP) is 5.74. The number of aromatic nitrogens is 3. The molecule has 1 aliphatic rings. The fraction of sp³-hybridized carbons (Fsp3) is 0.370. The van der Waals surface area contributed by atoms with E-state index in [9.17, 15) is 18.0 Å². The minimum Gasteiger partial charge on any atom is -0.496 e. The van der Waals surface area contributed by atoms with Crippen LogP contribution in [0.4, 0.5) is 13.2 Å². The third-order valence-corrected chi connectivity index (χ3v) is 8.53. The van der Waals surface area contributed by atoms with Crippen LogP contribution in [0.5, 0.6) is 11.5 Å². The molecule has 0 amide bonds. The summed E-state index contributed by atoms with van der Waals surface area (Å²) in [6.07, 6.45) is -2.73. The van der Waals surface area contributed by atoms with Crippen molar-refractivity contribution in [3.63, 3.8) is 0 Å². The number of thioether (sulfide) groups is 1. The lowest BCUT2D eigenvalue weighted by Crippen LogP contribution is -2.33. The average molecular weight is 593 g/mol. The van der Waals surface area contributed by atoms with Gasteiger partial charge in [0.2, 0.25) is 0 Å². The summed E-state index contributed by atoms with van der Waals surface area (Å²) in [6, 6.07) is 10.2. The highest BCUT2D eigenvalue weighted by Gasteiger charge is 2.30. The highest BCUT2D eigenvalue weighted by molar-refractivity contribution is 7.99. The van der Waals surface area contributed by atoms with Crippen molar-refractivity contribution in [3.05, 3.63) is 69.1 Å². The summed E-state index contributed by atoms with van der Waals surface area (Å²) in [4.78, 5) is 22.0. The Balaban J connectivity index is 1.34. The van der Waals surface area contributed by atoms with Crippen LogP contribution in [0.1, 0.15) is 22.6 Å². The molecule has 4 aromatic rings. The van der Waals surface area contributed by atoms with Crippen molar-refractivity contribution < 1.29 is 27.2 Å². The van der Waals surface area contributed by atoms with Gasteiger partial charge in [-0.05, 0) is 43.7 Å². The van der Waals surface area contributed by atoms with Crippen molar-refractivity contribution in [3.8, 4) is 33.5 Å². The van der Waals surface area contributed by atoms with Crippen LogP contribution in [-0.4, -0.2) is 58.3 Å². The van der Waals surface area contributed by atoms with Gasteiger partial charge >= 0.3 is 11.9 Å². The molecule has 0 bridgehead atoms. The molecule has 1 fully saturated rings. The Morgan fingerprint density at radius 3 is 2.58 bits per heavy atom. The Morgan fingerprint density at radius 1 is 1.12 bits per heavy atom. The average Bonchev–Trinajstić information content (AvgIpc) is 3.58. The quantitative estimate of drug-likeness (QED) is 0.249. The van der Waals surface area contributed by atoms with E-state index in [0.717, 1.165) is 66.7 Å². The summed E-state index contributed by atoms with van der Waals surface area (Å²) in [6.45, 7) is 3.36. The highest BCUT2D eigenvalue weighted by atomic mass is 32.2. The van der Waals surface area contributed by atoms with Gasteiger partial charge in [0.15, 0.2) is 5.82 Å². The maximum absolute atomic E-state index is 13.1. The van der Waals surface area contributed by atoms with E-state index in [1.165, 1.54) is 30.6 Å². The van der Waals surface area contributed by atoms with Crippen molar-refractivity contribution in [1.29, 1.82) is 0 Å². The maximum atomic E-state index is 13.1. The molecule has 0 spiro atoms. The normalized spacial score (nSPS) is 14.4. The molecule has 8 nitrogen and oxygen atoms in total. The van der Waals surface area contributed by atoms with Crippen molar-refractivity contribution in [2.75, 3.05) is 38.2 Å². The van der Waals surface area contributed by atoms with Crippen molar-refractivity contribution >= 4 is 23.1 Å². The van der Waals surface area contributed by atoms with Crippen LogP contribution >= 0.6 is 23.1 Å². The minimum atomic E-state index is -4.39. The first-order chi connectivity index (χ1) is 19.3. The number of benzene rings is 2. The fourth-order valence-corrected chi connectivity index (χ4v) is 6.37. The zero-order chi connectivity index (χ0) is 28.1. The third-order valence-electron chi connectivity index (χ3n) is 6.47. The number of alkyl halides is 3. The predicted molar refractivity (Wildman–Crippen MR) is 148 cm³/mol. The molecule has 0 saturated carbocycles. The van der Waals surface area contributed by atoms with Crippen LogP contribution in [0.25, 0.3) is 22.0 Å². The molecule has 3 heterocycles. The summed E-state index contributed by atoms with van der Waals surface area (Å²) in [5.74, 6) is 2.83. The molecule has 212 valence electrons. The molecule has 0 atom stereocenters. The number of nitrogens with zero attached hydrogens (tertiary/aromatic N) is 3. The standard InChI is InChI=1S/C27H27F3N4O4S2/c1-36-22-15-19(8-9-20(22)24-32-26(35)38-33-24)37-16-23-21(3-2-10-34-11-13-39-14-12-34)31-25(40-23)17-4-6-18(7-5-17)27(28,29)30/h4-9,15H,2-3,10-14,16H2,1H3,(H,32,33,35). The number of hydrogen-bond donors (Lipinski definition) is 1. The van der Waals surface area contributed by atoms with E-state index >= 15 is 0 Å². The highest BCUT2D eigenvalue weighted by Crippen LogP contribution is 2.35. The number of halogens is 3. The first-order valence-electron chi connectivity index (χ1n) is 12.6. The summed E-state index contributed by atoms with van der Waals surface area (Å²) in [5.41, 5.74) is 1.37. The second-order valence-corrected chi connectivity index (χ2v) is 11.4. The molecule has 13 heteroatoms. The van der Waals surface area contributed by atoms with E-state index in [-0.39, 0.29) is 12.4 Å². The summed E-state index contributed by atoms with van der Waals surface area (Å²) in [7, 11) is 1.50.